The van der Waals surface area contributed by atoms with Crippen LogP contribution in [0.2, 0.25) is 0 Å². The zero-order valence-corrected chi connectivity index (χ0v) is 18.3. The fourth-order valence-corrected chi connectivity index (χ4v) is 4.18. The highest BCUT2D eigenvalue weighted by Crippen LogP contribution is 2.22. The fraction of sp³-hybridized carbons (Fsp3) is 0.269. The van der Waals surface area contributed by atoms with Crippen molar-refractivity contribution in [3.8, 4) is 6.07 Å². The first-order chi connectivity index (χ1) is 16.1. The van der Waals surface area contributed by atoms with Crippen molar-refractivity contribution in [3.63, 3.8) is 0 Å². The van der Waals surface area contributed by atoms with Gasteiger partial charge in [0.2, 0.25) is 5.91 Å². The summed E-state index contributed by atoms with van der Waals surface area (Å²) in [6.45, 7) is 2.35. The van der Waals surface area contributed by atoms with Gasteiger partial charge < -0.3 is 9.80 Å². The number of benzene rings is 3. The molecule has 1 aliphatic heterocycles. The standard InChI is InChI=1S/C26H25FN4O2/c27-23-11-3-4-12-24(23)31(14-6-13-28)25(32)19-29-15-17-30(18-16-29)26(33)22-10-5-8-20-7-1-2-9-21(20)22/h1-5,7-12H,6,14-19H2. The first-order valence-electron chi connectivity index (χ1n) is 11.0. The van der Waals surface area contributed by atoms with E-state index in [0.717, 1.165) is 10.8 Å². The number of nitriles is 1. The zero-order chi connectivity index (χ0) is 23.2. The summed E-state index contributed by atoms with van der Waals surface area (Å²) >= 11 is 0. The van der Waals surface area contributed by atoms with Gasteiger partial charge in [-0.05, 0) is 29.0 Å². The number of nitrogens with zero attached hydrogens (tertiary/aromatic N) is 4. The molecule has 0 aromatic heterocycles. The lowest BCUT2D eigenvalue weighted by Crippen LogP contribution is -2.51. The SMILES string of the molecule is N#CCCN(C(=O)CN1CCN(C(=O)c2cccc3ccccc23)CC1)c1ccccc1F. The molecule has 0 atom stereocenters. The number of piperazine rings is 1. The maximum atomic E-state index is 14.3. The van der Waals surface area contributed by atoms with E-state index in [0.29, 0.717) is 31.7 Å². The molecule has 3 aromatic carbocycles. The molecule has 4 rings (SSSR count). The lowest BCUT2D eigenvalue weighted by molar-refractivity contribution is -0.120. The second-order valence-corrected chi connectivity index (χ2v) is 8.00. The number of amides is 2. The molecule has 0 bridgehead atoms. The Morgan fingerprint density at radius 1 is 0.939 bits per heavy atom. The summed E-state index contributed by atoms with van der Waals surface area (Å²) in [7, 11) is 0. The molecule has 1 saturated heterocycles. The van der Waals surface area contributed by atoms with Crippen molar-refractivity contribution in [2.75, 3.05) is 44.2 Å². The molecular weight excluding hydrogens is 419 g/mol. The van der Waals surface area contributed by atoms with Crippen LogP contribution >= 0.6 is 0 Å². The van der Waals surface area contributed by atoms with Crippen LogP contribution < -0.4 is 4.90 Å². The second-order valence-electron chi connectivity index (χ2n) is 8.00. The molecule has 0 unspecified atom stereocenters. The van der Waals surface area contributed by atoms with Crippen LogP contribution in [0.4, 0.5) is 10.1 Å². The number of fused-ring (bicyclic) bond motifs is 1. The number of halogens is 1. The van der Waals surface area contributed by atoms with E-state index < -0.39 is 5.82 Å². The number of hydrogen-bond acceptors (Lipinski definition) is 4. The lowest BCUT2D eigenvalue weighted by Gasteiger charge is -2.35. The van der Waals surface area contributed by atoms with Gasteiger partial charge in [0.15, 0.2) is 0 Å². The first-order valence-corrected chi connectivity index (χ1v) is 11.0. The van der Waals surface area contributed by atoms with Crippen LogP contribution in [0.3, 0.4) is 0 Å². The van der Waals surface area contributed by atoms with Gasteiger partial charge in [-0.2, -0.15) is 5.26 Å². The van der Waals surface area contributed by atoms with E-state index >= 15 is 0 Å². The number of carbonyl (C=O) groups is 2. The van der Waals surface area contributed by atoms with Gasteiger partial charge in [0.1, 0.15) is 5.82 Å². The summed E-state index contributed by atoms with van der Waals surface area (Å²) in [4.78, 5) is 31.3. The Morgan fingerprint density at radius 3 is 2.39 bits per heavy atom. The number of anilines is 1. The predicted octanol–water partition coefficient (Wildman–Crippen LogP) is 3.68. The average Bonchev–Trinajstić information content (AvgIpc) is 2.85. The van der Waals surface area contributed by atoms with Gasteiger partial charge in [-0.25, -0.2) is 4.39 Å². The molecule has 7 heteroatoms. The number of rotatable bonds is 6. The largest absolute Gasteiger partial charge is 0.336 e. The minimum absolute atomic E-state index is 0.0141. The van der Waals surface area contributed by atoms with Crippen molar-refractivity contribution in [1.82, 2.24) is 9.80 Å². The van der Waals surface area contributed by atoms with Crippen LogP contribution in [0, 0.1) is 17.1 Å². The van der Waals surface area contributed by atoms with E-state index in [1.165, 1.54) is 11.0 Å². The highest BCUT2D eigenvalue weighted by atomic mass is 19.1. The Labute approximate surface area is 192 Å². The number of hydrogen-bond donors (Lipinski definition) is 0. The molecule has 1 fully saturated rings. The maximum Gasteiger partial charge on any atom is 0.254 e. The smallest absolute Gasteiger partial charge is 0.254 e. The van der Waals surface area contributed by atoms with Crippen molar-refractivity contribution in [2.24, 2.45) is 0 Å². The highest BCUT2D eigenvalue weighted by Gasteiger charge is 2.26. The van der Waals surface area contributed by atoms with Crippen LogP contribution in [0.5, 0.6) is 0 Å². The lowest BCUT2D eigenvalue weighted by atomic mass is 10.0. The molecule has 0 spiro atoms. The molecule has 0 radical (unpaired) electrons. The molecule has 1 aliphatic rings. The van der Waals surface area contributed by atoms with Crippen LogP contribution in [0.25, 0.3) is 10.8 Å². The third kappa shape index (κ3) is 5.02. The molecule has 0 aliphatic carbocycles. The Hall–Kier alpha value is -3.76. The third-order valence-corrected chi connectivity index (χ3v) is 5.93. The van der Waals surface area contributed by atoms with Gasteiger partial charge in [0.25, 0.3) is 5.91 Å². The van der Waals surface area contributed by atoms with Gasteiger partial charge in [0, 0.05) is 38.3 Å². The predicted molar refractivity (Wildman–Crippen MR) is 125 cm³/mol. The monoisotopic (exact) mass is 444 g/mol. The van der Waals surface area contributed by atoms with Crippen molar-refractivity contribution in [2.45, 2.75) is 6.42 Å². The van der Waals surface area contributed by atoms with E-state index in [4.69, 9.17) is 5.26 Å². The van der Waals surface area contributed by atoms with E-state index in [9.17, 15) is 14.0 Å². The molecule has 168 valence electrons. The molecule has 3 aromatic rings. The van der Waals surface area contributed by atoms with Crippen LogP contribution in [-0.2, 0) is 4.79 Å². The van der Waals surface area contributed by atoms with Crippen molar-refractivity contribution in [3.05, 3.63) is 78.1 Å². The topological polar surface area (TPSA) is 67.7 Å². The highest BCUT2D eigenvalue weighted by molar-refractivity contribution is 6.07. The molecule has 1 heterocycles. The van der Waals surface area contributed by atoms with E-state index in [1.807, 2.05) is 58.3 Å². The summed E-state index contributed by atoms with van der Waals surface area (Å²) < 4.78 is 14.3. The van der Waals surface area contributed by atoms with Crippen LogP contribution in [0.1, 0.15) is 16.8 Å². The minimum atomic E-state index is -0.491. The number of carbonyl (C=O) groups excluding carboxylic acids is 2. The number of para-hydroxylation sites is 1. The molecular formula is C26H25FN4O2. The van der Waals surface area contributed by atoms with Gasteiger partial charge in [0.05, 0.1) is 24.7 Å². The third-order valence-electron chi connectivity index (χ3n) is 5.93. The minimum Gasteiger partial charge on any atom is -0.336 e. The summed E-state index contributed by atoms with van der Waals surface area (Å²) in [6, 6.07) is 21.7. The average molecular weight is 445 g/mol. The quantitative estimate of drug-likeness (QED) is 0.582. The van der Waals surface area contributed by atoms with Crippen LogP contribution in [-0.4, -0.2) is 60.9 Å². The molecule has 0 N–H and O–H groups in total. The fourth-order valence-electron chi connectivity index (χ4n) is 4.18. The van der Waals surface area contributed by atoms with Gasteiger partial charge in [-0.15, -0.1) is 0 Å². The Bertz CT molecular complexity index is 1190. The Kier molecular flexibility index (Phi) is 6.96. The second kappa shape index (κ2) is 10.2. The Morgan fingerprint density at radius 2 is 1.64 bits per heavy atom. The normalized spacial score (nSPS) is 14.1. The summed E-state index contributed by atoms with van der Waals surface area (Å²) in [5.74, 6) is -0.766. The summed E-state index contributed by atoms with van der Waals surface area (Å²) in [5.41, 5.74) is 0.863. The first kappa shape index (κ1) is 22.4. The molecule has 0 saturated carbocycles. The molecule has 33 heavy (non-hydrogen) atoms. The van der Waals surface area contributed by atoms with Crippen LogP contribution in [0.15, 0.2) is 66.7 Å². The summed E-state index contributed by atoms with van der Waals surface area (Å²) in [5, 5.41) is 10.9. The van der Waals surface area contributed by atoms with Crippen molar-refractivity contribution >= 4 is 28.3 Å². The van der Waals surface area contributed by atoms with Crippen molar-refractivity contribution in [1.29, 1.82) is 5.26 Å². The zero-order valence-electron chi connectivity index (χ0n) is 18.3. The van der Waals surface area contributed by atoms with Gasteiger partial charge in [-0.3, -0.25) is 14.5 Å². The van der Waals surface area contributed by atoms with Gasteiger partial charge >= 0.3 is 0 Å². The van der Waals surface area contributed by atoms with E-state index in [2.05, 4.69) is 0 Å². The molecule has 6 nitrogen and oxygen atoms in total. The van der Waals surface area contributed by atoms with Crippen molar-refractivity contribution < 1.29 is 14.0 Å². The molecule has 2 amide bonds. The Balaban J connectivity index is 1.40. The van der Waals surface area contributed by atoms with Gasteiger partial charge in [-0.1, -0.05) is 48.5 Å². The maximum absolute atomic E-state index is 14.3. The van der Waals surface area contributed by atoms with E-state index in [-0.39, 0.29) is 37.0 Å². The van der Waals surface area contributed by atoms with E-state index in [1.54, 1.807) is 18.2 Å². The summed E-state index contributed by atoms with van der Waals surface area (Å²) in [6.07, 6.45) is 0.118.